The van der Waals surface area contributed by atoms with Crippen molar-refractivity contribution in [2.24, 2.45) is 10.8 Å². The molecular weight excluding hydrogens is 253 g/mol. The highest BCUT2D eigenvalue weighted by Crippen LogP contribution is 2.51. The van der Waals surface area contributed by atoms with Crippen LogP contribution < -0.4 is 0 Å². The van der Waals surface area contributed by atoms with E-state index in [0.29, 0.717) is 6.54 Å². The zero-order chi connectivity index (χ0) is 15.0. The average molecular weight is 281 g/mol. The molecule has 0 aliphatic carbocycles. The molecule has 0 aromatic rings. The van der Waals surface area contributed by atoms with Crippen LogP contribution in [0.3, 0.4) is 0 Å². The first-order valence-electron chi connectivity index (χ1n) is 6.19. The summed E-state index contributed by atoms with van der Waals surface area (Å²) < 4.78 is 16.0. The Bertz CT molecular complexity index is 310. The van der Waals surface area contributed by atoms with Crippen molar-refractivity contribution < 1.29 is 19.0 Å². The minimum absolute atomic E-state index is 0.212. The largest absolute Gasteiger partial charge is 0.486 e. The van der Waals surface area contributed by atoms with Gasteiger partial charge in [-0.05, 0) is 17.8 Å². The monoisotopic (exact) mass is 281 g/mol. The van der Waals surface area contributed by atoms with Crippen LogP contribution >= 0.6 is 7.82 Å². The van der Waals surface area contributed by atoms with E-state index in [1.807, 2.05) is 55.4 Å². The van der Waals surface area contributed by atoms with Crippen molar-refractivity contribution >= 4 is 7.82 Å². The van der Waals surface area contributed by atoms with E-state index in [2.05, 4.69) is 0 Å². The molecule has 6 heteroatoms. The first kappa shape index (κ1) is 18.1. The molecule has 0 saturated carbocycles. The molecule has 0 heterocycles. The number of rotatable bonds is 4. The fourth-order valence-corrected chi connectivity index (χ4v) is 2.99. The second-order valence-electron chi connectivity index (χ2n) is 6.84. The highest BCUT2D eigenvalue weighted by atomic mass is 31.2. The van der Waals surface area contributed by atoms with Gasteiger partial charge < -0.3 is 9.79 Å². The zero-order valence-corrected chi connectivity index (χ0v) is 13.7. The van der Waals surface area contributed by atoms with Crippen molar-refractivity contribution in [2.45, 2.75) is 60.9 Å². The Morgan fingerprint density at radius 3 is 1.50 bits per heavy atom. The van der Waals surface area contributed by atoms with Gasteiger partial charge in [0.2, 0.25) is 0 Å². The van der Waals surface area contributed by atoms with Crippen LogP contribution in [0.1, 0.15) is 55.4 Å². The second kappa shape index (κ2) is 5.22. The van der Waals surface area contributed by atoms with Crippen molar-refractivity contribution in [2.75, 3.05) is 6.54 Å². The summed E-state index contributed by atoms with van der Waals surface area (Å²) in [5.74, 6) is 0. The Kier molecular flexibility index (Phi) is 5.24. The third-order valence-electron chi connectivity index (χ3n) is 3.91. The van der Waals surface area contributed by atoms with Gasteiger partial charge in [-0.15, -0.1) is 0 Å². The fourth-order valence-electron chi connectivity index (χ4n) is 2.46. The molecule has 0 radical (unpaired) electrons. The summed E-state index contributed by atoms with van der Waals surface area (Å²) in [6, 6.07) is 0. The van der Waals surface area contributed by atoms with Gasteiger partial charge in [-0.3, -0.25) is 0 Å². The Morgan fingerprint density at radius 1 is 1.00 bits per heavy atom. The van der Waals surface area contributed by atoms with E-state index < -0.39 is 13.4 Å². The predicted molar refractivity (Wildman–Crippen MR) is 72.8 cm³/mol. The van der Waals surface area contributed by atoms with Gasteiger partial charge in [0.15, 0.2) is 0 Å². The molecule has 0 saturated heterocycles. The lowest BCUT2D eigenvalue weighted by Crippen LogP contribution is -2.62. The van der Waals surface area contributed by atoms with Gasteiger partial charge in [-0.2, -0.15) is 9.69 Å². The molecule has 0 aliphatic rings. The van der Waals surface area contributed by atoms with Crippen molar-refractivity contribution in [1.29, 1.82) is 0 Å². The van der Waals surface area contributed by atoms with E-state index in [1.165, 1.54) is 5.06 Å². The summed E-state index contributed by atoms with van der Waals surface area (Å²) in [7, 11) is -4.55. The molecule has 0 fully saturated rings. The van der Waals surface area contributed by atoms with Crippen LogP contribution in [0.5, 0.6) is 0 Å². The highest BCUT2D eigenvalue weighted by Gasteiger charge is 2.52. The van der Waals surface area contributed by atoms with Crippen LogP contribution in [0.15, 0.2) is 0 Å². The van der Waals surface area contributed by atoms with E-state index >= 15 is 0 Å². The molecule has 0 spiro atoms. The van der Waals surface area contributed by atoms with Crippen LogP contribution in [0.2, 0.25) is 0 Å². The summed E-state index contributed by atoms with van der Waals surface area (Å²) in [6.07, 6.45) is 0. The fraction of sp³-hybridized carbons (Fsp3) is 1.00. The van der Waals surface area contributed by atoms with Gasteiger partial charge in [-0.1, -0.05) is 48.5 Å². The van der Waals surface area contributed by atoms with E-state index in [9.17, 15) is 4.57 Å². The Hall–Kier alpha value is 0.0700. The molecule has 0 bridgehead atoms. The Morgan fingerprint density at radius 2 is 1.33 bits per heavy atom. The molecule has 0 unspecified atom stereocenters. The normalized spacial score (nSPS) is 15.3. The van der Waals surface area contributed by atoms with Gasteiger partial charge in [0.25, 0.3) is 0 Å². The molecule has 0 aromatic heterocycles. The number of phosphoric acid groups is 1. The van der Waals surface area contributed by atoms with Crippen LogP contribution in [0, 0.1) is 10.8 Å². The van der Waals surface area contributed by atoms with Gasteiger partial charge in [0.1, 0.15) is 0 Å². The van der Waals surface area contributed by atoms with Crippen molar-refractivity contribution in [3.63, 3.8) is 0 Å². The maximum absolute atomic E-state index is 11.1. The van der Waals surface area contributed by atoms with Crippen LogP contribution in [0.4, 0.5) is 0 Å². The Labute approximate surface area is 111 Å². The molecule has 110 valence electrons. The highest BCUT2D eigenvalue weighted by molar-refractivity contribution is 7.46. The minimum atomic E-state index is -4.55. The van der Waals surface area contributed by atoms with E-state index in [-0.39, 0.29) is 10.8 Å². The maximum Gasteiger partial charge on any atom is 0.486 e. The van der Waals surface area contributed by atoms with E-state index in [1.54, 1.807) is 0 Å². The third-order valence-corrected chi connectivity index (χ3v) is 4.32. The first-order chi connectivity index (χ1) is 7.67. The molecular formula is C12H28NO4P. The standard InChI is InChI=1S/C12H28NO4P/c1-9-13(17-18(14,15)16)12(8,10(2,3)4)11(5,6)7/h9H2,1-8H3,(H2,14,15,16). The van der Waals surface area contributed by atoms with Crippen LogP contribution in [-0.4, -0.2) is 26.9 Å². The lowest BCUT2D eigenvalue weighted by atomic mass is 9.61. The van der Waals surface area contributed by atoms with Crippen molar-refractivity contribution in [3.8, 4) is 0 Å². The molecule has 0 atom stereocenters. The first-order valence-corrected chi connectivity index (χ1v) is 7.72. The van der Waals surface area contributed by atoms with Crippen molar-refractivity contribution in [1.82, 2.24) is 5.06 Å². The lowest BCUT2D eigenvalue weighted by Gasteiger charge is -2.56. The van der Waals surface area contributed by atoms with Gasteiger partial charge in [0.05, 0.1) is 5.54 Å². The topological polar surface area (TPSA) is 70.0 Å². The quantitative estimate of drug-likeness (QED) is 0.611. The summed E-state index contributed by atoms with van der Waals surface area (Å²) in [5, 5.41) is 1.42. The zero-order valence-electron chi connectivity index (χ0n) is 12.8. The maximum atomic E-state index is 11.1. The van der Waals surface area contributed by atoms with Gasteiger partial charge in [0, 0.05) is 6.54 Å². The van der Waals surface area contributed by atoms with Crippen LogP contribution in [-0.2, 0) is 9.19 Å². The summed E-state index contributed by atoms with van der Waals surface area (Å²) in [4.78, 5) is 18.1. The predicted octanol–water partition coefficient (Wildman–Crippen LogP) is 3.18. The SMILES string of the molecule is CCN(OP(=O)(O)O)C(C)(C(C)(C)C)C(C)(C)C. The molecule has 0 rings (SSSR count). The number of hydroxylamine groups is 2. The number of hydrogen-bond donors (Lipinski definition) is 2. The molecule has 18 heavy (non-hydrogen) atoms. The minimum Gasteiger partial charge on any atom is -0.302 e. The average Bonchev–Trinajstić information content (AvgIpc) is 2.07. The number of nitrogens with zero attached hydrogens (tertiary/aromatic N) is 1. The number of hydrogen-bond acceptors (Lipinski definition) is 3. The summed E-state index contributed by atoms with van der Waals surface area (Å²) >= 11 is 0. The molecule has 0 aliphatic heterocycles. The lowest BCUT2D eigenvalue weighted by molar-refractivity contribution is -0.222. The van der Waals surface area contributed by atoms with Crippen molar-refractivity contribution in [3.05, 3.63) is 0 Å². The summed E-state index contributed by atoms with van der Waals surface area (Å²) in [5.41, 5.74) is -0.956. The molecule has 5 nitrogen and oxygen atoms in total. The molecule has 0 aromatic carbocycles. The van der Waals surface area contributed by atoms with Gasteiger partial charge >= 0.3 is 7.82 Å². The van der Waals surface area contributed by atoms with Crippen LogP contribution in [0.25, 0.3) is 0 Å². The van der Waals surface area contributed by atoms with Gasteiger partial charge in [-0.25, -0.2) is 4.57 Å². The van der Waals surface area contributed by atoms with E-state index in [0.717, 1.165) is 0 Å². The molecule has 0 amide bonds. The molecule has 2 N–H and O–H groups in total. The smallest absolute Gasteiger partial charge is 0.302 e. The third kappa shape index (κ3) is 3.78. The Balaban J connectivity index is 5.65. The van der Waals surface area contributed by atoms with E-state index in [4.69, 9.17) is 14.4 Å². The summed E-state index contributed by atoms with van der Waals surface area (Å²) in [6.45, 7) is 16.5. The second-order valence-corrected chi connectivity index (χ2v) is 7.98.